The average Bonchev–Trinajstić information content (AvgIpc) is 3.01. The molecule has 0 radical (unpaired) electrons. The van der Waals surface area contributed by atoms with Crippen molar-refractivity contribution in [3.63, 3.8) is 0 Å². The number of rotatable bonds is 7. The van der Waals surface area contributed by atoms with Crippen molar-refractivity contribution in [2.24, 2.45) is 0 Å². The van der Waals surface area contributed by atoms with Gasteiger partial charge >= 0.3 is 0 Å². The third-order valence-electron chi connectivity index (χ3n) is 3.27. The third kappa shape index (κ3) is 6.47. The molecule has 0 aromatic heterocycles. The number of nitrogens with zero attached hydrogens (tertiary/aromatic N) is 1. The Hall–Kier alpha value is -2.24. The predicted molar refractivity (Wildman–Crippen MR) is 81.5 cm³/mol. The summed E-state index contributed by atoms with van der Waals surface area (Å²) in [5.41, 5.74) is 0. The van der Waals surface area contributed by atoms with Crippen LogP contribution < -0.4 is 5.32 Å². The molecule has 0 bridgehead atoms. The third-order valence-corrected chi connectivity index (χ3v) is 3.27. The summed E-state index contributed by atoms with van der Waals surface area (Å²) in [6, 6.07) is 0. The molecule has 0 saturated carbocycles. The number of amides is 4. The summed E-state index contributed by atoms with van der Waals surface area (Å²) in [4.78, 5) is 43.7. The van der Waals surface area contributed by atoms with Crippen LogP contribution in [0.1, 0.15) is 45.4 Å². The molecule has 0 fully saturated rings. The highest BCUT2D eigenvalue weighted by Gasteiger charge is 2.21. The molecule has 2 aliphatic heterocycles. The summed E-state index contributed by atoms with van der Waals surface area (Å²) in [7, 11) is 0. The van der Waals surface area contributed by atoms with Crippen molar-refractivity contribution < 1.29 is 19.2 Å². The van der Waals surface area contributed by atoms with Crippen LogP contribution >= 0.6 is 0 Å². The van der Waals surface area contributed by atoms with Crippen LogP contribution in [0.15, 0.2) is 24.3 Å². The molecule has 2 rings (SSSR count). The SMILES string of the molecule is CCCCCCCCN1C(=O)C=CC1=O.O=C1C=CC(=O)N1. The Morgan fingerprint density at radius 2 is 1.27 bits per heavy atom. The Morgan fingerprint density at radius 3 is 1.73 bits per heavy atom. The number of hydrogen-bond donors (Lipinski definition) is 1. The van der Waals surface area contributed by atoms with E-state index in [-0.39, 0.29) is 23.6 Å². The van der Waals surface area contributed by atoms with Gasteiger partial charge in [0.25, 0.3) is 23.6 Å². The van der Waals surface area contributed by atoms with Gasteiger partial charge in [0.2, 0.25) is 0 Å². The van der Waals surface area contributed by atoms with E-state index in [9.17, 15) is 19.2 Å². The lowest BCUT2D eigenvalue weighted by atomic mass is 10.1. The van der Waals surface area contributed by atoms with Gasteiger partial charge in [0.1, 0.15) is 0 Å². The van der Waals surface area contributed by atoms with Crippen LogP contribution in [0.2, 0.25) is 0 Å². The van der Waals surface area contributed by atoms with E-state index in [1.807, 2.05) is 5.32 Å². The molecule has 120 valence electrons. The van der Waals surface area contributed by atoms with Gasteiger partial charge in [-0.3, -0.25) is 29.4 Å². The summed E-state index contributed by atoms with van der Waals surface area (Å²) in [6.45, 7) is 2.77. The number of hydrogen-bond acceptors (Lipinski definition) is 4. The topological polar surface area (TPSA) is 83.6 Å². The summed E-state index contributed by atoms with van der Waals surface area (Å²) < 4.78 is 0. The molecule has 6 nitrogen and oxygen atoms in total. The normalized spacial score (nSPS) is 16.1. The summed E-state index contributed by atoms with van der Waals surface area (Å²) in [6.07, 6.45) is 12.1. The van der Waals surface area contributed by atoms with E-state index < -0.39 is 0 Å². The summed E-state index contributed by atoms with van der Waals surface area (Å²) in [5.74, 6) is -0.975. The Morgan fingerprint density at radius 1 is 0.773 bits per heavy atom. The molecule has 0 saturated heterocycles. The lowest BCUT2D eigenvalue weighted by molar-refractivity contribution is -0.137. The fraction of sp³-hybridized carbons (Fsp3) is 0.500. The van der Waals surface area contributed by atoms with Gasteiger partial charge in [-0.25, -0.2) is 0 Å². The van der Waals surface area contributed by atoms with Gasteiger partial charge in [0.15, 0.2) is 0 Å². The van der Waals surface area contributed by atoms with Crippen LogP contribution in [0.4, 0.5) is 0 Å². The molecular formula is C16H22N2O4. The maximum absolute atomic E-state index is 11.2. The van der Waals surface area contributed by atoms with Crippen molar-refractivity contribution in [1.82, 2.24) is 10.2 Å². The summed E-state index contributed by atoms with van der Waals surface area (Å²) >= 11 is 0. The highest BCUT2D eigenvalue weighted by molar-refractivity contribution is 6.13. The van der Waals surface area contributed by atoms with E-state index in [1.54, 1.807) is 0 Å². The molecule has 0 aliphatic carbocycles. The van der Waals surface area contributed by atoms with E-state index in [0.29, 0.717) is 6.54 Å². The Balaban J connectivity index is 0.000000287. The number of carbonyl (C=O) groups is 4. The lowest BCUT2D eigenvalue weighted by Crippen LogP contribution is -2.30. The number of unbranched alkanes of at least 4 members (excludes halogenated alkanes) is 5. The predicted octanol–water partition coefficient (Wildman–Crippen LogP) is 1.47. The zero-order valence-corrected chi connectivity index (χ0v) is 12.8. The van der Waals surface area contributed by atoms with Crippen molar-refractivity contribution in [1.29, 1.82) is 0 Å². The van der Waals surface area contributed by atoms with E-state index >= 15 is 0 Å². The largest absolute Gasteiger partial charge is 0.289 e. The highest BCUT2D eigenvalue weighted by atomic mass is 16.2. The minimum atomic E-state index is -0.329. The number of imide groups is 2. The van der Waals surface area contributed by atoms with E-state index in [4.69, 9.17) is 0 Å². The van der Waals surface area contributed by atoms with E-state index in [1.165, 1.54) is 54.9 Å². The fourth-order valence-corrected chi connectivity index (χ4v) is 2.06. The van der Waals surface area contributed by atoms with Crippen molar-refractivity contribution in [3.8, 4) is 0 Å². The van der Waals surface area contributed by atoms with Crippen LogP contribution in [-0.2, 0) is 19.2 Å². The lowest BCUT2D eigenvalue weighted by Gasteiger charge is -2.12. The maximum Gasteiger partial charge on any atom is 0.253 e. The molecular weight excluding hydrogens is 284 g/mol. The van der Waals surface area contributed by atoms with Crippen LogP contribution in [0.5, 0.6) is 0 Å². The fourth-order valence-electron chi connectivity index (χ4n) is 2.06. The molecule has 0 unspecified atom stereocenters. The standard InChI is InChI=1S/C12H19NO2.C4H3NO2/c1-2-3-4-5-6-7-10-13-11(14)8-9-12(13)15;6-3-1-2-4(7)5-3/h8-9H,2-7,10H2,1H3;1-2H,(H,5,6,7). The smallest absolute Gasteiger partial charge is 0.253 e. The molecule has 6 heteroatoms. The first-order valence-electron chi connectivity index (χ1n) is 7.61. The van der Waals surface area contributed by atoms with Crippen molar-refractivity contribution in [3.05, 3.63) is 24.3 Å². The van der Waals surface area contributed by atoms with Crippen molar-refractivity contribution >= 4 is 23.6 Å². The molecule has 22 heavy (non-hydrogen) atoms. The minimum Gasteiger partial charge on any atom is -0.289 e. The monoisotopic (exact) mass is 306 g/mol. The van der Waals surface area contributed by atoms with E-state index in [2.05, 4.69) is 6.92 Å². The molecule has 2 heterocycles. The van der Waals surface area contributed by atoms with Crippen LogP contribution in [0.3, 0.4) is 0 Å². The van der Waals surface area contributed by atoms with Gasteiger partial charge in [0, 0.05) is 30.8 Å². The Bertz CT molecular complexity index is 460. The Kier molecular flexibility index (Phi) is 7.81. The first-order valence-corrected chi connectivity index (χ1v) is 7.61. The van der Waals surface area contributed by atoms with Crippen LogP contribution in [-0.4, -0.2) is 35.1 Å². The molecule has 4 amide bonds. The molecule has 0 aromatic rings. The number of nitrogens with one attached hydrogen (secondary N) is 1. The van der Waals surface area contributed by atoms with Gasteiger partial charge < -0.3 is 0 Å². The van der Waals surface area contributed by atoms with Crippen LogP contribution in [0, 0.1) is 0 Å². The maximum atomic E-state index is 11.2. The first kappa shape index (κ1) is 17.8. The van der Waals surface area contributed by atoms with Gasteiger partial charge in [-0.05, 0) is 6.42 Å². The quantitative estimate of drug-likeness (QED) is 0.570. The van der Waals surface area contributed by atoms with Gasteiger partial charge in [-0.1, -0.05) is 39.0 Å². The van der Waals surface area contributed by atoms with Gasteiger partial charge in [0.05, 0.1) is 0 Å². The molecule has 0 aromatic carbocycles. The highest BCUT2D eigenvalue weighted by Crippen LogP contribution is 2.09. The second-order valence-corrected chi connectivity index (χ2v) is 5.12. The molecule has 0 spiro atoms. The van der Waals surface area contributed by atoms with E-state index in [0.717, 1.165) is 12.8 Å². The van der Waals surface area contributed by atoms with Crippen molar-refractivity contribution in [2.75, 3.05) is 6.54 Å². The first-order chi connectivity index (χ1) is 10.5. The zero-order chi connectivity index (χ0) is 16.4. The molecule has 1 N–H and O–H groups in total. The average molecular weight is 306 g/mol. The second-order valence-electron chi connectivity index (χ2n) is 5.12. The second kappa shape index (κ2) is 9.65. The molecule has 0 atom stereocenters. The van der Waals surface area contributed by atoms with Crippen molar-refractivity contribution in [2.45, 2.75) is 45.4 Å². The molecule has 2 aliphatic rings. The minimum absolute atomic E-state index is 0.159. The van der Waals surface area contributed by atoms with Gasteiger partial charge in [-0.2, -0.15) is 0 Å². The van der Waals surface area contributed by atoms with Gasteiger partial charge in [-0.15, -0.1) is 0 Å². The Labute approximate surface area is 130 Å². The summed E-state index contributed by atoms with van der Waals surface area (Å²) in [5, 5.41) is 2.03. The zero-order valence-electron chi connectivity index (χ0n) is 12.8. The van der Waals surface area contributed by atoms with Crippen LogP contribution in [0.25, 0.3) is 0 Å². The number of carbonyl (C=O) groups excluding carboxylic acids is 4.